The maximum absolute atomic E-state index is 6.22. The fourth-order valence-corrected chi connectivity index (χ4v) is 2.49. The van der Waals surface area contributed by atoms with Gasteiger partial charge in [-0.2, -0.15) is 5.10 Å². The van der Waals surface area contributed by atoms with Gasteiger partial charge in [-0.15, -0.1) is 0 Å². The Morgan fingerprint density at radius 3 is 2.89 bits per heavy atom. The predicted octanol–water partition coefficient (Wildman–Crippen LogP) is 2.76. The lowest BCUT2D eigenvalue weighted by atomic mass is 10.1. The van der Waals surface area contributed by atoms with Gasteiger partial charge < -0.3 is 5.32 Å². The summed E-state index contributed by atoms with van der Waals surface area (Å²) in [5.74, 6) is 0. The Morgan fingerprint density at radius 2 is 2.26 bits per heavy atom. The molecule has 1 unspecified atom stereocenters. The van der Waals surface area contributed by atoms with Gasteiger partial charge in [0.1, 0.15) is 0 Å². The van der Waals surface area contributed by atoms with Crippen molar-refractivity contribution in [1.82, 2.24) is 20.1 Å². The first-order valence-electron chi connectivity index (χ1n) is 6.46. The summed E-state index contributed by atoms with van der Waals surface area (Å²) in [6.45, 7) is 4.98. The van der Waals surface area contributed by atoms with Crippen molar-refractivity contribution in [2.24, 2.45) is 0 Å². The minimum Gasteiger partial charge on any atom is -0.311 e. The van der Waals surface area contributed by atoms with Gasteiger partial charge in [0.05, 0.1) is 22.5 Å². The van der Waals surface area contributed by atoms with Crippen molar-refractivity contribution in [1.29, 1.82) is 0 Å². The van der Waals surface area contributed by atoms with Crippen LogP contribution in [0.1, 0.15) is 30.0 Å². The molecule has 1 atom stereocenters. The summed E-state index contributed by atoms with van der Waals surface area (Å²) < 4.78 is 2.02. The van der Waals surface area contributed by atoms with E-state index in [-0.39, 0.29) is 6.04 Å². The summed E-state index contributed by atoms with van der Waals surface area (Å²) in [5, 5.41) is 8.44. The Kier molecular flexibility index (Phi) is 4.56. The van der Waals surface area contributed by atoms with Crippen LogP contribution < -0.4 is 5.32 Å². The third-order valence-electron chi connectivity index (χ3n) is 3.16. The quantitative estimate of drug-likeness (QED) is 0.914. The standard InChI is InChI=1S/C14H19ClN4/c1-4-19-11(8-10(2)18-19)9-13(16-3)14-12(15)6-5-7-17-14/h5-8,13,16H,4,9H2,1-3H3. The lowest BCUT2D eigenvalue weighted by Crippen LogP contribution is -2.22. The van der Waals surface area contributed by atoms with Crippen molar-refractivity contribution < 1.29 is 0 Å². The number of aryl methyl sites for hydroxylation is 2. The van der Waals surface area contributed by atoms with E-state index in [9.17, 15) is 0 Å². The normalized spacial score (nSPS) is 12.6. The molecule has 0 bridgehead atoms. The number of halogens is 1. The molecule has 0 aliphatic heterocycles. The number of hydrogen-bond donors (Lipinski definition) is 1. The van der Waals surface area contributed by atoms with Gasteiger partial charge >= 0.3 is 0 Å². The predicted molar refractivity (Wildman–Crippen MR) is 77.4 cm³/mol. The summed E-state index contributed by atoms with van der Waals surface area (Å²) >= 11 is 6.22. The fraction of sp³-hybridized carbons (Fsp3) is 0.429. The highest BCUT2D eigenvalue weighted by atomic mass is 35.5. The molecule has 0 aliphatic rings. The second-order valence-electron chi connectivity index (χ2n) is 4.51. The van der Waals surface area contributed by atoms with Crippen molar-refractivity contribution in [3.05, 3.63) is 46.5 Å². The molecule has 0 amide bonds. The fourth-order valence-electron chi connectivity index (χ4n) is 2.24. The molecule has 5 heteroatoms. The molecule has 0 fully saturated rings. The molecular weight excluding hydrogens is 260 g/mol. The highest BCUT2D eigenvalue weighted by Gasteiger charge is 2.17. The van der Waals surface area contributed by atoms with E-state index in [1.165, 1.54) is 5.69 Å². The summed E-state index contributed by atoms with van der Waals surface area (Å²) in [4.78, 5) is 4.38. The van der Waals surface area contributed by atoms with Crippen LogP contribution in [0.15, 0.2) is 24.4 Å². The Bertz CT molecular complexity index is 550. The number of aromatic nitrogens is 3. The van der Waals surface area contributed by atoms with Crippen LogP contribution in [-0.2, 0) is 13.0 Å². The molecule has 0 aromatic carbocycles. The molecule has 2 heterocycles. The number of likely N-dealkylation sites (N-methyl/N-ethyl adjacent to an activating group) is 1. The monoisotopic (exact) mass is 278 g/mol. The molecule has 2 aromatic rings. The van der Waals surface area contributed by atoms with Crippen molar-refractivity contribution in [2.45, 2.75) is 32.9 Å². The average molecular weight is 279 g/mol. The van der Waals surface area contributed by atoms with E-state index in [0.29, 0.717) is 5.02 Å². The van der Waals surface area contributed by atoms with E-state index >= 15 is 0 Å². The second kappa shape index (κ2) is 6.17. The van der Waals surface area contributed by atoms with Crippen molar-refractivity contribution >= 4 is 11.6 Å². The summed E-state index contributed by atoms with van der Waals surface area (Å²) in [7, 11) is 1.93. The minimum atomic E-state index is 0.0927. The van der Waals surface area contributed by atoms with E-state index in [1.54, 1.807) is 6.20 Å². The molecule has 2 aromatic heterocycles. The second-order valence-corrected chi connectivity index (χ2v) is 4.92. The van der Waals surface area contributed by atoms with Gasteiger partial charge in [-0.05, 0) is 39.1 Å². The molecule has 1 N–H and O–H groups in total. The molecule has 0 aliphatic carbocycles. The van der Waals surface area contributed by atoms with Crippen LogP contribution >= 0.6 is 11.6 Å². The van der Waals surface area contributed by atoms with E-state index in [4.69, 9.17) is 11.6 Å². The first kappa shape index (κ1) is 14.0. The van der Waals surface area contributed by atoms with Gasteiger partial charge in [0, 0.05) is 24.9 Å². The SMILES string of the molecule is CCn1nc(C)cc1CC(NC)c1ncccc1Cl. The molecule has 0 spiro atoms. The number of pyridine rings is 1. The molecule has 0 radical (unpaired) electrons. The zero-order valence-corrected chi connectivity index (χ0v) is 12.3. The van der Waals surface area contributed by atoms with Gasteiger partial charge in [0.25, 0.3) is 0 Å². The molecule has 4 nitrogen and oxygen atoms in total. The first-order valence-corrected chi connectivity index (χ1v) is 6.84. The van der Waals surface area contributed by atoms with Crippen LogP contribution in [0.25, 0.3) is 0 Å². The van der Waals surface area contributed by atoms with Gasteiger partial charge in [-0.1, -0.05) is 11.6 Å². The number of nitrogens with one attached hydrogen (secondary N) is 1. The largest absolute Gasteiger partial charge is 0.311 e. The number of rotatable bonds is 5. The highest BCUT2D eigenvalue weighted by molar-refractivity contribution is 6.31. The van der Waals surface area contributed by atoms with E-state index < -0.39 is 0 Å². The van der Waals surface area contributed by atoms with Gasteiger partial charge in [0.15, 0.2) is 0 Å². The maximum atomic E-state index is 6.22. The lowest BCUT2D eigenvalue weighted by Gasteiger charge is -2.17. The smallest absolute Gasteiger partial charge is 0.0762 e. The first-order chi connectivity index (χ1) is 9.15. The summed E-state index contributed by atoms with van der Waals surface area (Å²) in [5.41, 5.74) is 3.12. The van der Waals surface area contributed by atoms with Crippen molar-refractivity contribution in [3.63, 3.8) is 0 Å². The molecular formula is C14H19ClN4. The highest BCUT2D eigenvalue weighted by Crippen LogP contribution is 2.23. The van der Waals surface area contributed by atoms with E-state index in [1.807, 2.05) is 30.8 Å². The van der Waals surface area contributed by atoms with Crippen LogP contribution in [-0.4, -0.2) is 21.8 Å². The molecule has 2 rings (SSSR count). The van der Waals surface area contributed by atoms with Gasteiger partial charge in [0.2, 0.25) is 0 Å². The molecule has 19 heavy (non-hydrogen) atoms. The van der Waals surface area contributed by atoms with Crippen LogP contribution in [0.2, 0.25) is 5.02 Å². The summed E-state index contributed by atoms with van der Waals surface area (Å²) in [6, 6.07) is 5.93. The van der Waals surface area contributed by atoms with Crippen molar-refractivity contribution in [3.8, 4) is 0 Å². The number of hydrogen-bond acceptors (Lipinski definition) is 3. The topological polar surface area (TPSA) is 42.7 Å². The average Bonchev–Trinajstić information content (AvgIpc) is 2.77. The Labute approximate surface area is 118 Å². The maximum Gasteiger partial charge on any atom is 0.0762 e. The van der Waals surface area contributed by atoms with Gasteiger partial charge in [-0.3, -0.25) is 9.67 Å². The van der Waals surface area contributed by atoms with Gasteiger partial charge in [-0.25, -0.2) is 0 Å². The third-order valence-corrected chi connectivity index (χ3v) is 3.48. The van der Waals surface area contributed by atoms with Crippen LogP contribution in [0.5, 0.6) is 0 Å². The zero-order chi connectivity index (χ0) is 13.8. The van der Waals surface area contributed by atoms with Crippen LogP contribution in [0.4, 0.5) is 0 Å². The van der Waals surface area contributed by atoms with E-state index in [2.05, 4.69) is 28.4 Å². The molecule has 0 saturated heterocycles. The summed E-state index contributed by atoms with van der Waals surface area (Å²) in [6.07, 6.45) is 2.59. The van der Waals surface area contributed by atoms with E-state index in [0.717, 1.165) is 24.4 Å². The van der Waals surface area contributed by atoms with Crippen molar-refractivity contribution in [2.75, 3.05) is 7.05 Å². The Hall–Kier alpha value is -1.39. The van der Waals surface area contributed by atoms with Crippen LogP contribution in [0.3, 0.4) is 0 Å². The van der Waals surface area contributed by atoms with Crippen LogP contribution in [0, 0.1) is 6.92 Å². The zero-order valence-electron chi connectivity index (χ0n) is 11.5. The molecule has 0 saturated carbocycles. The Balaban J connectivity index is 2.26. The lowest BCUT2D eigenvalue weighted by molar-refractivity contribution is 0.532. The Morgan fingerprint density at radius 1 is 1.47 bits per heavy atom. The third kappa shape index (κ3) is 3.14. The molecule has 102 valence electrons. The number of nitrogens with zero attached hydrogens (tertiary/aromatic N) is 3. The minimum absolute atomic E-state index is 0.0927.